The zero-order valence-corrected chi connectivity index (χ0v) is 9.11. The van der Waals surface area contributed by atoms with E-state index in [1.807, 2.05) is 6.07 Å². The van der Waals surface area contributed by atoms with Gasteiger partial charge in [0.25, 0.3) is 6.43 Å². The van der Waals surface area contributed by atoms with E-state index in [1.165, 1.54) is 6.07 Å². The second-order valence-electron chi connectivity index (χ2n) is 2.42. The van der Waals surface area contributed by atoms with Crippen LogP contribution in [0, 0.1) is 11.3 Å². The van der Waals surface area contributed by atoms with E-state index < -0.39 is 12.1 Å². The number of alkyl halides is 2. The Morgan fingerprint density at radius 3 is 2.79 bits per heavy atom. The van der Waals surface area contributed by atoms with Crippen LogP contribution in [0.4, 0.5) is 8.78 Å². The van der Waals surface area contributed by atoms with Crippen molar-refractivity contribution in [2.45, 2.75) is 12.8 Å². The molecule has 0 radical (unpaired) electrons. The molecule has 0 unspecified atom stereocenters. The van der Waals surface area contributed by atoms with Crippen molar-refractivity contribution in [2.75, 3.05) is 0 Å². The highest BCUT2D eigenvalue weighted by atomic mass is 79.9. The second-order valence-corrected chi connectivity index (χ2v) is 3.68. The van der Waals surface area contributed by atoms with Crippen molar-refractivity contribution in [3.05, 3.63) is 26.9 Å². The summed E-state index contributed by atoms with van der Waals surface area (Å²) in [4.78, 5) is 3.61. The highest BCUT2D eigenvalue weighted by Crippen LogP contribution is 2.29. The molecular formula is C8H4BrClF2N2. The molecule has 0 fully saturated rings. The number of rotatable bonds is 2. The average molecular weight is 281 g/mol. The Morgan fingerprint density at radius 1 is 1.64 bits per heavy atom. The van der Waals surface area contributed by atoms with Crippen LogP contribution in [0.25, 0.3) is 0 Å². The van der Waals surface area contributed by atoms with E-state index in [-0.39, 0.29) is 17.1 Å². The van der Waals surface area contributed by atoms with E-state index in [2.05, 4.69) is 20.9 Å². The van der Waals surface area contributed by atoms with Gasteiger partial charge in [-0.05, 0) is 22.0 Å². The first-order chi connectivity index (χ1) is 6.56. The molecule has 1 aromatic rings. The number of pyridine rings is 1. The average Bonchev–Trinajstić information content (AvgIpc) is 2.09. The molecule has 0 saturated carbocycles. The maximum absolute atomic E-state index is 12.3. The number of nitrogens with zero attached hydrogens (tertiary/aromatic N) is 2. The lowest BCUT2D eigenvalue weighted by Crippen LogP contribution is -1.98. The smallest absolute Gasteiger partial charge is 0.248 e. The molecule has 0 spiro atoms. The molecule has 0 aliphatic carbocycles. The topological polar surface area (TPSA) is 36.7 Å². The van der Waals surface area contributed by atoms with Crippen molar-refractivity contribution < 1.29 is 8.78 Å². The Bertz CT molecular complexity index is 390. The molecule has 0 aliphatic heterocycles. The first kappa shape index (κ1) is 11.3. The van der Waals surface area contributed by atoms with Crippen molar-refractivity contribution in [1.29, 1.82) is 5.26 Å². The summed E-state index contributed by atoms with van der Waals surface area (Å²) >= 11 is 8.63. The molecule has 1 aromatic heterocycles. The third kappa shape index (κ3) is 2.40. The highest BCUT2D eigenvalue weighted by Gasteiger charge is 2.16. The van der Waals surface area contributed by atoms with Crippen LogP contribution in [0.15, 0.2) is 10.5 Å². The van der Waals surface area contributed by atoms with E-state index >= 15 is 0 Å². The molecule has 1 heterocycles. The molecule has 1 rings (SSSR count). The summed E-state index contributed by atoms with van der Waals surface area (Å²) in [6, 6.07) is 3.15. The Morgan fingerprint density at radius 2 is 2.29 bits per heavy atom. The number of hydrogen-bond donors (Lipinski definition) is 0. The summed E-state index contributed by atoms with van der Waals surface area (Å²) in [5.41, 5.74) is -0.215. The lowest BCUT2D eigenvalue weighted by molar-refractivity contribution is 0.146. The normalized spacial score (nSPS) is 10.3. The van der Waals surface area contributed by atoms with E-state index in [4.69, 9.17) is 16.9 Å². The SMILES string of the molecule is N#CCc1nc(C(F)F)c(Cl)cc1Br. The van der Waals surface area contributed by atoms with Crippen LogP contribution in [-0.2, 0) is 6.42 Å². The van der Waals surface area contributed by atoms with Gasteiger partial charge in [-0.2, -0.15) is 5.26 Å². The van der Waals surface area contributed by atoms with E-state index in [0.29, 0.717) is 4.47 Å². The zero-order valence-electron chi connectivity index (χ0n) is 6.77. The van der Waals surface area contributed by atoms with Gasteiger partial charge < -0.3 is 0 Å². The van der Waals surface area contributed by atoms with Gasteiger partial charge in [0.1, 0.15) is 5.69 Å². The Labute approximate surface area is 92.6 Å². The van der Waals surface area contributed by atoms with Crippen LogP contribution >= 0.6 is 27.5 Å². The van der Waals surface area contributed by atoms with Gasteiger partial charge >= 0.3 is 0 Å². The standard InChI is InChI=1S/C8H4BrClF2N2/c9-4-3-5(10)7(8(11)12)14-6(4)1-2-13/h3,8H,1H2. The van der Waals surface area contributed by atoms with Crippen LogP contribution in [0.5, 0.6) is 0 Å². The fourth-order valence-corrected chi connectivity index (χ4v) is 1.70. The minimum Gasteiger partial charge on any atom is -0.248 e. The number of aromatic nitrogens is 1. The Kier molecular flexibility index (Phi) is 3.78. The van der Waals surface area contributed by atoms with E-state index in [0.717, 1.165) is 0 Å². The van der Waals surface area contributed by atoms with E-state index in [1.54, 1.807) is 0 Å². The van der Waals surface area contributed by atoms with Gasteiger partial charge in [0.2, 0.25) is 0 Å². The maximum Gasteiger partial charge on any atom is 0.281 e. The first-order valence-corrected chi connectivity index (χ1v) is 4.73. The van der Waals surface area contributed by atoms with Crippen molar-refractivity contribution in [3.8, 4) is 6.07 Å². The van der Waals surface area contributed by atoms with E-state index in [9.17, 15) is 8.78 Å². The van der Waals surface area contributed by atoms with Crippen molar-refractivity contribution in [2.24, 2.45) is 0 Å². The van der Waals surface area contributed by atoms with Crippen molar-refractivity contribution in [3.63, 3.8) is 0 Å². The molecule has 0 aliphatic rings. The summed E-state index contributed by atoms with van der Waals surface area (Å²) < 4.78 is 25.1. The number of hydrogen-bond acceptors (Lipinski definition) is 2. The molecule has 74 valence electrons. The van der Waals surface area contributed by atoms with Gasteiger partial charge in [-0.15, -0.1) is 0 Å². The fraction of sp³-hybridized carbons (Fsp3) is 0.250. The van der Waals surface area contributed by atoms with Crippen LogP contribution < -0.4 is 0 Å². The molecule has 2 nitrogen and oxygen atoms in total. The summed E-state index contributed by atoms with van der Waals surface area (Å²) in [5, 5.41) is 8.31. The summed E-state index contributed by atoms with van der Waals surface area (Å²) in [6.07, 6.45) is -2.76. The monoisotopic (exact) mass is 280 g/mol. The lowest BCUT2D eigenvalue weighted by Gasteiger charge is -2.05. The zero-order chi connectivity index (χ0) is 10.7. The van der Waals surface area contributed by atoms with Crippen LogP contribution in [0.3, 0.4) is 0 Å². The fourth-order valence-electron chi connectivity index (χ4n) is 0.873. The van der Waals surface area contributed by atoms with Gasteiger partial charge in [0, 0.05) is 4.47 Å². The van der Waals surface area contributed by atoms with Gasteiger partial charge in [0.05, 0.1) is 23.2 Å². The summed E-state index contributed by atoms with van der Waals surface area (Å²) in [6.45, 7) is 0. The van der Waals surface area contributed by atoms with Crippen LogP contribution in [-0.4, -0.2) is 4.98 Å². The van der Waals surface area contributed by atoms with Gasteiger partial charge in [-0.1, -0.05) is 11.6 Å². The third-order valence-electron chi connectivity index (χ3n) is 1.48. The van der Waals surface area contributed by atoms with Crippen molar-refractivity contribution in [1.82, 2.24) is 4.98 Å². The maximum atomic E-state index is 12.3. The van der Waals surface area contributed by atoms with Crippen molar-refractivity contribution >= 4 is 27.5 Å². The quantitative estimate of drug-likeness (QED) is 0.832. The predicted molar refractivity (Wildman–Crippen MR) is 51.2 cm³/mol. The third-order valence-corrected chi connectivity index (χ3v) is 2.47. The Balaban J connectivity index is 3.21. The molecule has 0 atom stereocenters. The largest absolute Gasteiger partial charge is 0.281 e. The highest BCUT2D eigenvalue weighted by molar-refractivity contribution is 9.10. The number of halogens is 4. The van der Waals surface area contributed by atoms with Gasteiger partial charge in [-0.3, -0.25) is 0 Å². The molecule has 0 bridgehead atoms. The predicted octanol–water partition coefficient (Wildman–Crippen LogP) is 3.50. The van der Waals surface area contributed by atoms with Crippen LogP contribution in [0.2, 0.25) is 5.02 Å². The first-order valence-electron chi connectivity index (χ1n) is 3.56. The second kappa shape index (κ2) is 4.67. The molecule has 0 amide bonds. The summed E-state index contributed by atoms with van der Waals surface area (Å²) in [5.74, 6) is 0. The number of nitriles is 1. The minimum atomic E-state index is -2.73. The summed E-state index contributed by atoms with van der Waals surface area (Å²) in [7, 11) is 0. The molecule has 0 saturated heterocycles. The molecule has 0 N–H and O–H groups in total. The molecular weight excluding hydrogens is 277 g/mol. The van der Waals surface area contributed by atoms with Crippen LogP contribution in [0.1, 0.15) is 17.8 Å². The van der Waals surface area contributed by atoms with Gasteiger partial charge in [-0.25, -0.2) is 13.8 Å². The molecule has 0 aromatic carbocycles. The minimum absolute atomic E-state index is 0.0303. The Hall–Kier alpha value is -0.730. The lowest BCUT2D eigenvalue weighted by atomic mass is 10.2. The molecule has 6 heteroatoms. The van der Waals surface area contributed by atoms with Gasteiger partial charge in [0.15, 0.2) is 0 Å². The molecule has 14 heavy (non-hydrogen) atoms.